The zero-order valence-corrected chi connectivity index (χ0v) is 21.7. The minimum absolute atomic E-state index is 0.0325. The monoisotopic (exact) mass is 457 g/mol. The second kappa shape index (κ2) is 10.5. The maximum absolute atomic E-state index is 6.15. The molecule has 0 saturated heterocycles. The van der Waals surface area contributed by atoms with Crippen LogP contribution in [0, 0.1) is 5.92 Å². The Morgan fingerprint density at radius 2 is 1.75 bits per heavy atom. The third kappa shape index (κ3) is 5.30. The lowest BCUT2D eigenvalue weighted by molar-refractivity contribution is 0.0478. The van der Waals surface area contributed by atoms with Crippen molar-refractivity contribution >= 4 is 13.2 Å². The van der Waals surface area contributed by atoms with E-state index in [-0.39, 0.29) is 17.5 Å². The highest BCUT2D eigenvalue weighted by molar-refractivity contribution is 7.66. The molecule has 176 valence electrons. The summed E-state index contributed by atoms with van der Waals surface area (Å²) in [5.41, 5.74) is 2.75. The molecule has 3 rings (SSSR count). The standard InChI is InChI=1S/C27H40NO3P/c1-8-27(21-16-17-21,22-13-11-14-23(30-6)25(22)31-19-29-5)32(7)24-15-10-9-12-20(24)18-28-26(2,3)4/h9-15,21,28H,8,16-19H2,1-7H3. The van der Waals surface area contributed by atoms with E-state index >= 15 is 0 Å². The van der Waals surface area contributed by atoms with E-state index in [1.807, 2.05) is 6.07 Å². The molecule has 1 fully saturated rings. The number of hydrogen-bond donors (Lipinski definition) is 1. The lowest BCUT2D eigenvalue weighted by Gasteiger charge is -2.42. The van der Waals surface area contributed by atoms with Crippen molar-refractivity contribution in [3.63, 3.8) is 0 Å². The fourth-order valence-electron chi connectivity index (χ4n) is 4.80. The van der Waals surface area contributed by atoms with Crippen molar-refractivity contribution in [3.8, 4) is 11.5 Å². The van der Waals surface area contributed by atoms with Gasteiger partial charge in [-0.2, -0.15) is 0 Å². The summed E-state index contributed by atoms with van der Waals surface area (Å²) in [6.07, 6.45) is 3.60. The van der Waals surface area contributed by atoms with Gasteiger partial charge in [0, 0.05) is 29.9 Å². The van der Waals surface area contributed by atoms with Crippen molar-refractivity contribution in [1.82, 2.24) is 5.32 Å². The number of rotatable bonds is 11. The molecule has 1 saturated carbocycles. The Morgan fingerprint density at radius 1 is 1.03 bits per heavy atom. The third-order valence-corrected chi connectivity index (χ3v) is 9.82. The van der Waals surface area contributed by atoms with Gasteiger partial charge in [0.1, 0.15) is 0 Å². The van der Waals surface area contributed by atoms with E-state index < -0.39 is 7.92 Å². The summed E-state index contributed by atoms with van der Waals surface area (Å²) < 4.78 is 17.1. The van der Waals surface area contributed by atoms with Gasteiger partial charge >= 0.3 is 0 Å². The van der Waals surface area contributed by atoms with Crippen LogP contribution in [0.4, 0.5) is 0 Å². The van der Waals surface area contributed by atoms with E-state index in [2.05, 4.69) is 76.1 Å². The number of hydrogen-bond acceptors (Lipinski definition) is 4. The molecule has 1 aliphatic rings. The average molecular weight is 458 g/mol. The molecule has 0 spiro atoms. The normalized spacial score (nSPS) is 17.0. The Hall–Kier alpha value is -1.61. The van der Waals surface area contributed by atoms with E-state index in [0.717, 1.165) is 24.5 Å². The summed E-state index contributed by atoms with van der Waals surface area (Å²) in [7, 11) is 2.87. The van der Waals surface area contributed by atoms with Crippen LogP contribution in [-0.2, 0) is 16.4 Å². The summed E-state index contributed by atoms with van der Waals surface area (Å²) in [4.78, 5) is 0. The third-order valence-electron chi connectivity index (χ3n) is 6.54. The van der Waals surface area contributed by atoms with Gasteiger partial charge in [0.25, 0.3) is 0 Å². The van der Waals surface area contributed by atoms with Crippen LogP contribution in [-0.4, -0.2) is 33.2 Å². The number of nitrogens with one attached hydrogen (secondary N) is 1. The molecule has 32 heavy (non-hydrogen) atoms. The summed E-state index contributed by atoms with van der Waals surface area (Å²) in [5.74, 6) is 2.28. The molecule has 2 atom stereocenters. The Kier molecular flexibility index (Phi) is 8.25. The summed E-state index contributed by atoms with van der Waals surface area (Å²) in [5, 5.41) is 5.21. The van der Waals surface area contributed by atoms with Crippen LogP contribution >= 0.6 is 7.92 Å². The molecule has 4 nitrogen and oxygen atoms in total. The second-order valence-electron chi connectivity index (χ2n) is 9.73. The zero-order valence-electron chi connectivity index (χ0n) is 20.8. The van der Waals surface area contributed by atoms with Crippen LogP contribution in [0.15, 0.2) is 42.5 Å². The summed E-state index contributed by atoms with van der Waals surface area (Å²) in [6, 6.07) is 15.3. The average Bonchev–Trinajstić information content (AvgIpc) is 3.62. The Bertz CT molecular complexity index is 891. The van der Waals surface area contributed by atoms with Crippen LogP contribution in [0.2, 0.25) is 0 Å². The Balaban J connectivity index is 2.11. The molecule has 5 heteroatoms. The van der Waals surface area contributed by atoms with Crippen LogP contribution in [0.5, 0.6) is 11.5 Å². The van der Waals surface area contributed by atoms with Gasteiger partial charge in [-0.25, -0.2) is 0 Å². The predicted octanol–water partition coefficient (Wildman–Crippen LogP) is 6.02. The molecular formula is C27H40NO3P. The van der Waals surface area contributed by atoms with Crippen LogP contribution in [0.25, 0.3) is 0 Å². The molecule has 2 aromatic rings. The first kappa shape index (κ1) is 25.0. The van der Waals surface area contributed by atoms with Gasteiger partial charge in [-0.3, -0.25) is 0 Å². The SMILES string of the molecule is CCC(c1cccc(OC)c1OCOC)(C1CC1)P(C)c1ccccc1CNC(C)(C)C. The van der Waals surface area contributed by atoms with Gasteiger partial charge in [0.05, 0.1) is 7.11 Å². The zero-order chi connectivity index (χ0) is 23.4. The maximum atomic E-state index is 6.15. The minimum atomic E-state index is -0.510. The van der Waals surface area contributed by atoms with Gasteiger partial charge in [-0.05, 0) is 69.6 Å². The molecular weight excluding hydrogens is 417 g/mol. The highest BCUT2D eigenvalue weighted by Gasteiger charge is 2.51. The van der Waals surface area contributed by atoms with E-state index in [1.165, 1.54) is 29.3 Å². The molecule has 0 aliphatic heterocycles. The van der Waals surface area contributed by atoms with E-state index in [9.17, 15) is 0 Å². The number of ether oxygens (including phenoxy) is 3. The van der Waals surface area contributed by atoms with Crippen LogP contribution in [0.1, 0.15) is 58.1 Å². The van der Waals surface area contributed by atoms with Gasteiger partial charge in [0.2, 0.25) is 0 Å². The molecule has 2 unspecified atom stereocenters. The number of para-hydroxylation sites is 1. The van der Waals surface area contributed by atoms with E-state index in [4.69, 9.17) is 14.2 Å². The van der Waals surface area contributed by atoms with Gasteiger partial charge < -0.3 is 19.5 Å². The number of methoxy groups -OCH3 is 2. The fourth-order valence-corrected chi connectivity index (χ4v) is 7.94. The molecule has 1 N–H and O–H groups in total. The Labute approximate surface area is 195 Å². The van der Waals surface area contributed by atoms with Crippen molar-refractivity contribution in [2.24, 2.45) is 5.92 Å². The van der Waals surface area contributed by atoms with E-state index in [1.54, 1.807) is 14.2 Å². The second-order valence-corrected chi connectivity index (χ2v) is 12.1. The van der Waals surface area contributed by atoms with Gasteiger partial charge in [0.15, 0.2) is 18.3 Å². The van der Waals surface area contributed by atoms with E-state index in [0.29, 0.717) is 5.92 Å². The first-order chi connectivity index (χ1) is 15.3. The van der Waals surface area contributed by atoms with Crippen molar-refractivity contribution in [1.29, 1.82) is 0 Å². The van der Waals surface area contributed by atoms with Gasteiger partial charge in [-0.15, -0.1) is 0 Å². The lowest BCUT2D eigenvalue weighted by atomic mass is 9.89. The van der Waals surface area contributed by atoms with Crippen molar-refractivity contribution in [2.45, 2.75) is 64.2 Å². The molecule has 0 radical (unpaired) electrons. The maximum Gasteiger partial charge on any atom is 0.188 e. The molecule has 0 aromatic heterocycles. The number of benzene rings is 2. The first-order valence-electron chi connectivity index (χ1n) is 11.6. The van der Waals surface area contributed by atoms with Gasteiger partial charge in [-0.1, -0.05) is 51.2 Å². The quantitative estimate of drug-likeness (QED) is 0.331. The smallest absolute Gasteiger partial charge is 0.188 e. The lowest BCUT2D eigenvalue weighted by Crippen LogP contribution is -2.37. The Morgan fingerprint density at radius 3 is 2.34 bits per heavy atom. The van der Waals surface area contributed by atoms with Crippen LogP contribution < -0.4 is 20.1 Å². The fraction of sp³-hybridized carbons (Fsp3) is 0.556. The summed E-state index contributed by atoms with van der Waals surface area (Å²) in [6.45, 7) is 12.6. The predicted molar refractivity (Wildman–Crippen MR) is 136 cm³/mol. The highest BCUT2D eigenvalue weighted by atomic mass is 31.1. The molecule has 1 aliphatic carbocycles. The topological polar surface area (TPSA) is 39.7 Å². The van der Waals surface area contributed by atoms with Crippen molar-refractivity contribution in [3.05, 3.63) is 53.6 Å². The molecule has 0 heterocycles. The van der Waals surface area contributed by atoms with Crippen LogP contribution in [0.3, 0.4) is 0 Å². The first-order valence-corrected chi connectivity index (χ1v) is 13.4. The molecule has 0 bridgehead atoms. The highest BCUT2D eigenvalue weighted by Crippen LogP contribution is 2.67. The van der Waals surface area contributed by atoms with Crippen molar-refractivity contribution in [2.75, 3.05) is 27.7 Å². The minimum Gasteiger partial charge on any atom is -0.493 e. The van der Waals surface area contributed by atoms with Crippen molar-refractivity contribution < 1.29 is 14.2 Å². The molecule has 0 amide bonds. The largest absolute Gasteiger partial charge is 0.493 e. The summed E-state index contributed by atoms with van der Waals surface area (Å²) >= 11 is 0. The molecule has 2 aromatic carbocycles.